The van der Waals surface area contributed by atoms with E-state index in [1.807, 2.05) is 25.1 Å². The second kappa shape index (κ2) is 5.72. The van der Waals surface area contributed by atoms with Crippen molar-refractivity contribution in [2.75, 3.05) is 11.9 Å². The van der Waals surface area contributed by atoms with Crippen LogP contribution in [-0.2, 0) is 0 Å². The van der Waals surface area contributed by atoms with Gasteiger partial charge in [-0.25, -0.2) is 0 Å². The average molecular weight is 295 g/mol. The van der Waals surface area contributed by atoms with E-state index in [1.54, 1.807) is 0 Å². The number of allylic oxidation sites excluding steroid dienone is 1. The summed E-state index contributed by atoms with van der Waals surface area (Å²) in [4.78, 5) is 0. The maximum atomic E-state index is 6.01. The Kier molecular flexibility index (Phi) is 4.27. The number of ether oxygens (including phenoxy) is 1. The van der Waals surface area contributed by atoms with Crippen molar-refractivity contribution in [2.24, 2.45) is 5.41 Å². The van der Waals surface area contributed by atoms with Crippen molar-refractivity contribution in [3.05, 3.63) is 35.9 Å². The number of hydrogen-bond donors (Lipinski definition) is 0. The Morgan fingerprint density at radius 1 is 1.35 bits per heavy atom. The highest BCUT2D eigenvalue weighted by Crippen LogP contribution is 2.42. The molecule has 1 aromatic carbocycles. The van der Waals surface area contributed by atoms with E-state index < -0.39 is 0 Å². The molecular formula is C15H19BrO. The van der Waals surface area contributed by atoms with Gasteiger partial charge in [-0.15, -0.1) is 0 Å². The molecule has 0 bridgehead atoms. The summed E-state index contributed by atoms with van der Waals surface area (Å²) in [5.41, 5.74) is 1.54. The van der Waals surface area contributed by atoms with Gasteiger partial charge in [0.25, 0.3) is 0 Å². The lowest BCUT2D eigenvalue weighted by Gasteiger charge is -2.40. The zero-order valence-electron chi connectivity index (χ0n) is 10.3. The molecule has 0 radical (unpaired) electrons. The van der Waals surface area contributed by atoms with Crippen LogP contribution in [0.3, 0.4) is 0 Å². The first-order valence-electron chi connectivity index (χ1n) is 6.20. The first kappa shape index (κ1) is 12.7. The summed E-state index contributed by atoms with van der Waals surface area (Å²) in [7, 11) is 0. The van der Waals surface area contributed by atoms with Crippen LogP contribution in [0.5, 0.6) is 5.75 Å². The molecule has 0 N–H and O–H groups in total. The van der Waals surface area contributed by atoms with Gasteiger partial charge in [-0.1, -0.05) is 52.7 Å². The first-order chi connectivity index (χ1) is 8.29. The number of benzene rings is 1. The van der Waals surface area contributed by atoms with E-state index in [4.69, 9.17) is 4.74 Å². The van der Waals surface area contributed by atoms with E-state index in [2.05, 4.69) is 34.1 Å². The minimum atomic E-state index is 0.378. The van der Waals surface area contributed by atoms with E-state index in [0.29, 0.717) is 5.41 Å². The Bertz CT molecular complexity index is 388. The third-order valence-electron chi connectivity index (χ3n) is 3.50. The van der Waals surface area contributed by atoms with Gasteiger partial charge in [0.2, 0.25) is 0 Å². The predicted octanol–water partition coefficient (Wildman–Crippen LogP) is 4.66. The SMILES string of the molecule is CC=Cc1ccccc1OCC1(CBr)CCC1. The molecule has 0 atom stereocenters. The van der Waals surface area contributed by atoms with Gasteiger partial charge in [-0.05, 0) is 25.8 Å². The number of halogens is 1. The highest BCUT2D eigenvalue weighted by molar-refractivity contribution is 9.09. The van der Waals surface area contributed by atoms with Gasteiger partial charge in [0.05, 0.1) is 6.61 Å². The predicted molar refractivity (Wildman–Crippen MR) is 76.7 cm³/mol. The minimum Gasteiger partial charge on any atom is -0.492 e. The summed E-state index contributed by atoms with van der Waals surface area (Å²) >= 11 is 3.61. The van der Waals surface area contributed by atoms with E-state index in [1.165, 1.54) is 24.8 Å². The number of rotatable bonds is 5. The highest BCUT2D eigenvalue weighted by Gasteiger charge is 2.36. The van der Waals surface area contributed by atoms with Crippen LogP contribution in [-0.4, -0.2) is 11.9 Å². The molecule has 1 saturated carbocycles. The monoisotopic (exact) mass is 294 g/mol. The molecule has 0 heterocycles. The molecule has 0 aliphatic heterocycles. The van der Waals surface area contributed by atoms with Gasteiger partial charge in [0.15, 0.2) is 0 Å². The van der Waals surface area contributed by atoms with Crippen molar-refractivity contribution in [1.82, 2.24) is 0 Å². The maximum Gasteiger partial charge on any atom is 0.126 e. The number of alkyl halides is 1. The fourth-order valence-corrected chi connectivity index (χ4v) is 2.88. The largest absolute Gasteiger partial charge is 0.492 e. The van der Waals surface area contributed by atoms with E-state index in [-0.39, 0.29) is 0 Å². The Balaban J connectivity index is 2.03. The van der Waals surface area contributed by atoms with Gasteiger partial charge in [0, 0.05) is 16.3 Å². The van der Waals surface area contributed by atoms with Crippen LogP contribution in [0.4, 0.5) is 0 Å². The average Bonchev–Trinajstić information content (AvgIpc) is 2.31. The van der Waals surface area contributed by atoms with Gasteiger partial charge in [-0.2, -0.15) is 0 Å². The second-order valence-corrected chi connectivity index (χ2v) is 5.37. The van der Waals surface area contributed by atoms with Crippen LogP contribution in [0.15, 0.2) is 30.3 Å². The summed E-state index contributed by atoms with van der Waals surface area (Å²) < 4.78 is 6.01. The van der Waals surface area contributed by atoms with Crippen LogP contribution in [0.2, 0.25) is 0 Å². The topological polar surface area (TPSA) is 9.23 Å². The fourth-order valence-electron chi connectivity index (χ4n) is 2.15. The van der Waals surface area contributed by atoms with Crippen LogP contribution in [0.1, 0.15) is 31.7 Å². The molecule has 0 amide bonds. The summed E-state index contributed by atoms with van der Waals surface area (Å²) in [6.07, 6.45) is 8.04. The standard InChI is InChI=1S/C15H19BrO/c1-2-6-13-7-3-4-8-14(13)17-12-15(11-16)9-5-10-15/h2-4,6-8H,5,9-12H2,1H3. The molecule has 92 valence electrons. The maximum absolute atomic E-state index is 6.01. The number of para-hydroxylation sites is 1. The fraction of sp³-hybridized carbons (Fsp3) is 0.467. The molecule has 2 heteroatoms. The summed E-state index contributed by atoms with van der Waals surface area (Å²) in [5, 5.41) is 1.05. The molecule has 1 nitrogen and oxygen atoms in total. The third-order valence-corrected chi connectivity index (χ3v) is 4.69. The third kappa shape index (κ3) is 2.92. The Morgan fingerprint density at radius 2 is 2.12 bits per heavy atom. The Labute approximate surface area is 112 Å². The van der Waals surface area contributed by atoms with Crippen molar-refractivity contribution < 1.29 is 4.74 Å². The van der Waals surface area contributed by atoms with Crippen LogP contribution < -0.4 is 4.74 Å². The quantitative estimate of drug-likeness (QED) is 0.718. The lowest BCUT2D eigenvalue weighted by atomic mass is 9.71. The lowest BCUT2D eigenvalue weighted by molar-refractivity contribution is 0.0837. The van der Waals surface area contributed by atoms with E-state index >= 15 is 0 Å². The lowest BCUT2D eigenvalue weighted by Crippen LogP contribution is -2.37. The molecule has 17 heavy (non-hydrogen) atoms. The zero-order valence-corrected chi connectivity index (χ0v) is 11.9. The Morgan fingerprint density at radius 3 is 2.71 bits per heavy atom. The van der Waals surface area contributed by atoms with E-state index in [9.17, 15) is 0 Å². The summed E-state index contributed by atoms with van der Waals surface area (Å²) in [6.45, 7) is 2.86. The van der Waals surface area contributed by atoms with Gasteiger partial charge in [-0.3, -0.25) is 0 Å². The molecule has 1 aliphatic rings. The molecule has 0 unspecified atom stereocenters. The molecule has 1 aromatic rings. The van der Waals surface area contributed by atoms with Crippen molar-refractivity contribution in [1.29, 1.82) is 0 Å². The molecular weight excluding hydrogens is 276 g/mol. The van der Waals surface area contributed by atoms with E-state index in [0.717, 1.165) is 17.7 Å². The second-order valence-electron chi connectivity index (χ2n) is 4.81. The van der Waals surface area contributed by atoms with Gasteiger partial charge < -0.3 is 4.74 Å². The van der Waals surface area contributed by atoms with Crippen molar-refractivity contribution in [3.8, 4) is 5.75 Å². The van der Waals surface area contributed by atoms with Crippen LogP contribution in [0, 0.1) is 5.41 Å². The summed E-state index contributed by atoms with van der Waals surface area (Å²) in [5.74, 6) is 0.998. The summed E-state index contributed by atoms with van der Waals surface area (Å²) in [6, 6.07) is 8.22. The molecule has 1 fully saturated rings. The zero-order chi connectivity index (χ0) is 12.1. The molecule has 0 spiro atoms. The normalized spacial score (nSPS) is 18.0. The van der Waals surface area contributed by atoms with Gasteiger partial charge in [0.1, 0.15) is 5.75 Å². The molecule has 0 saturated heterocycles. The van der Waals surface area contributed by atoms with Crippen LogP contribution >= 0.6 is 15.9 Å². The minimum absolute atomic E-state index is 0.378. The molecule has 2 rings (SSSR count). The van der Waals surface area contributed by atoms with Crippen LogP contribution in [0.25, 0.3) is 6.08 Å². The first-order valence-corrected chi connectivity index (χ1v) is 7.32. The van der Waals surface area contributed by atoms with Crippen molar-refractivity contribution in [3.63, 3.8) is 0 Å². The number of hydrogen-bond acceptors (Lipinski definition) is 1. The van der Waals surface area contributed by atoms with Crippen molar-refractivity contribution in [2.45, 2.75) is 26.2 Å². The smallest absolute Gasteiger partial charge is 0.126 e. The Hall–Kier alpha value is -0.760. The molecule has 0 aromatic heterocycles. The molecule has 1 aliphatic carbocycles. The van der Waals surface area contributed by atoms with Gasteiger partial charge >= 0.3 is 0 Å². The highest BCUT2D eigenvalue weighted by atomic mass is 79.9. The van der Waals surface area contributed by atoms with Crippen molar-refractivity contribution >= 4 is 22.0 Å².